The van der Waals surface area contributed by atoms with Crippen molar-refractivity contribution in [3.63, 3.8) is 0 Å². The van der Waals surface area contributed by atoms with Crippen molar-refractivity contribution in [2.24, 2.45) is 0 Å². The van der Waals surface area contributed by atoms with E-state index in [-0.39, 0.29) is 25.0 Å². The van der Waals surface area contributed by atoms with Gasteiger partial charge in [0.25, 0.3) is 5.91 Å². The van der Waals surface area contributed by atoms with Gasteiger partial charge in [-0.2, -0.15) is 0 Å². The van der Waals surface area contributed by atoms with Crippen LogP contribution in [0.15, 0.2) is 77.3 Å². The number of nitrogens with zero attached hydrogens (tertiary/aromatic N) is 1. The predicted octanol–water partition coefficient (Wildman–Crippen LogP) is 7.16. The molecule has 0 aliphatic rings. The molecule has 1 N–H and O–H groups in total. The Kier molecular flexibility index (Phi) is 11.7. The van der Waals surface area contributed by atoms with E-state index in [2.05, 4.69) is 42.0 Å². The van der Waals surface area contributed by atoms with E-state index in [4.69, 9.17) is 16.3 Å². The summed E-state index contributed by atoms with van der Waals surface area (Å²) in [7, 11) is 0. The van der Waals surface area contributed by atoms with Crippen molar-refractivity contribution in [3.8, 4) is 5.75 Å². The van der Waals surface area contributed by atoms with Gasteiger partial charge in [-0.15, -0.1) is 0 Å². The lowest BCUT2D eigenvalue weighted by Crippen LogP contribution is -2.51. The van der Waals surface area contributed by atoms with E-state index in [0.29, 0.717) is 29.7 Å². The minimum Gasteiger partial charge on any atom is -0.483 e. The van der Waals surface area contributed by atoms with Gasteiger partial charge in [-0.3, -0.25) is 9.59 Å². The van der Waals surface area contributed by atoms with Crippen LogP contribution in [0.4, 0.5) is 0 Å². The number of hydrogen-bond acceptors (Lipinski definition) is 3. The summed E-state index contributed by atoms with van der Waals surface area (Å²) in [4.78, 5) is 28.8. The van der Waals surface area contributed by atoms with Crippen LogP contribution >= 0.6 is 27.5 Å². The van der Waals surface area contributed by atoms with Crippen molar-refractivity contribution >= 4 is 39.3 Å². The molecule has 0 radical (unpaired) electrons. The largest absolute Gasteiger partial charge is 0.483 e. The lowest BCUT2D eigenvalue weighted by atomic mass is 10.0. The topological polar surface area (TPSA) is 58.6 Å². The minimum absolute atomic E-state index is 0.189. The van der Waals surface area contributed by atoms with Crippen LogP contribution in [0.5, 0.6) is 5.75 Å². The fraction of sp³-hybridized carbons (Fsp3) is 0.355. The number of carbonyl (C=O) groups excluding carboxylic acids is 2. The second-order valence-corrected chi connectivity index (χ2v) is 10.9. The van der Waals surface area contributed by atoms with E-state index in [1.165, 1.54) is 5.56 Å². The summed E-state index contributed by atoms with van der Waals surface area (Å²) < 4.78 is 6.74. The van der Waals surface area contributed by atoms with Crippen LogP contribution in [-0.2, 0) is 22.6 Å². The molecule has 0 heterocycles. The summed E-state index contributed by atoms with van der Waals surface area (Å²) in [5.74, 6) is 0.465. The molecule has 0 saturated carbocycles. The average molecular weight is 600 g/mol. The molecule has 202 valence electrons. The lowest BCUT2D eigenvalue weighted by Gasteiger charge is -2.31. The van der Waals surface area contributed by atoms with Crippen molar-refractivity contribution < 1.29 is 14.3 Å². The maximum atomic E-state index is 13.7. The highest BCUT2D eigenvalue weighted by molar-refractivity contribution is 9.10. The predicted molar refractivity (Wildman–Crippen MR) is 158 cm³/mol. The van der Waals surface area contributed by atoms with Crippen LogP contribution in [0, 0.1) is 0 Å². The summed E-state index contributed by atoms with van der Waals surface area (Å²) in [6.07, 6.45) is 2.21. The Morgan fingerprint density at radius 2 is 1.74 bits per heavy atom. The Balaban J connectivity index is 1.90. The molecule has 3 rings (SSSR count). The van der Waals surface area contributed by atoms with Crippen LogP contribution in [0.1, 0.15) is 56.2 Å². The third kappa shape index (κ3) is 8.60. The van der Waals surface area contributed by atoms with Crippen molar-refractivity contribution in [1.29, 1.82) is 0 Å². The molecule has 0 aromatic heterocycles. The number of ether oxygens (including phenoxy) is 1. The summed E-state index contributed by atoms with van der Waals surface area (Å²) in [5.41, 5.74) is 2.90. The maximum Gasteiger partial charge on any atom is 0.261 e. The molecule has 2 amide bonds. The van der Waals surface area contributed by atoms with Gasteiger partial charge < -0.3 is 15.0 Å². The van der Waals surface area contributed by atoms with Gasteiger partial charge in [-0.1, -0.05) is 93.4 Å². The number of nitrogens with one attached hydrogen (secondary N) is 1. The Morgan fingerprint density at radius 3 is 2.39 bits per heavy atom. The molecular weight excluding hydrogens is 564 g/mol. The van der Waals surface area contributed by atoms with Gasteiger partial charge in [0.15, 0.2) is 6.61 Å². The molecule has 38 heavy (non-hydrogen) atoms. The monoisotopic (exact) mass is 598 g/mol. The van der Waals surface area contributed by atoms with Crippen molar-refractivity contribution in [3.05, 3.63) is 99.0 Å². The van der Waals surface area contributed by atoms with Crippen LogP contribution in [0.2, 0.25) is 5.02 Å². The molecular formula is C31H36BrClN2O3. The van der Waals surface area contributed by atoms with Gasteiger partial charge in [0.05, 0.1) is 4.47 Å². The third-order valence-electron chi connectivity index (χ3n) is 6.37. The summed E-state index contributed by atoms with van der Waals surface area (Å²) >= 11 is 10.0. The van der Waals surface area contributed by atoms with Crippen LogP contribution in [0.3, 0.4) is 0 Å². The lowest BCUT2D eigenvalue weighted by molar-refractivity contribution is -0.142. The van der Waals surface area contributed by atoms with E-state index in [0.717, 1.165) is 28.4 Å². The first-order valence-corrected chi connectivity index (χ1v) is 14.2. The standard InChI is InChI=1S/C31H36BrClN2O3/c1-4-5-17-34-31(37)28(18-23-11-7-6-8-12-23)35(20-25-13-9-10-14-27(25)33)30(36)21-38-29-16-15-24(22(2)3)19-26(29)32/h6-16,19,22,28H,4-5,17-18,20-21H2,1-3H3,(H,34,37)/t28-/m0/s1. The first kappa shape index (κ1) is 29.7. The van der Waals surface area contributed by atoms with Gasteiger partial charge in [0.2, 0.25) is 5.91 Å². The Morgan fingerprint density at radius 1 is 1.03 bits per heavy atom. The Labute approximate surface area is 239 Å². The summed E-state index contributed by atoms with van der Waals surface area (Å²) in [5, 5.41) is 3.57. The number of amides is 2. The zero-order valence-electron chi connectivity index (χ0n) is 22.3. The molecule has 0 unspecified atom stereocenters. The summed E-state index contributed by atoms with van der Waals surface area (Å²) in [6.45, 7) is 6.85. The second-order valence-electron chi connectivity index (χ2n) is 9.60. The Hall–Kier alpha value is -2.83. The molecule has 7 heteroatoms. The van der Waals surface area contributed by atoms with Crippen molar-refractivity contribution in [2.45, 2.75) is 58.5 Å². The van der Waals surface area contributed by atoms with Gasteiger partial charge in [0, 0.05) is 24.5 Å². The smallest absolute Gasteiger partial charge is 0.261 e. The SMILES string of the molecule is CCCCNC(=O)[C@H](Cc1ccccc1)N(Cc1ccccc1Cl)C(=O)COc1ccc(C(C)C)cc1Br. The van der Waals surface area contributed by atoms with Crippen molar-refractivity contribution in [1.82, 2.24) is 10.2 Å². The van der Waals surface area contributed by atoms with E-state index >= 15 is 0 Å². The summed E-state index contributed by atoms with van der Waals surface area (Å²) in [6, 6.07) is 22.3. The average Bonchev–Trinajstić information content (AvgIpc) is 2.91. The molecule has 5 nitrogen and oxygen atoms in total. The van der Waals surface area contributed by atoms with E-state index < -0.39 is 6.04 Å². The maximum absolute atomic E-state index is 13.7. The van der Waals surface area contributed by atoms with Crippen LogP contribution in [0.25, 0.3) is 0 Å². The zero-order valence-corrected chi connectivity index (χ0v) is 24.6. The van der Waals surface area contributed by atoms with Gasteiger partial charge in [0.1, 0.15) is 11.8 Å². The molecule has 0 saturated heterocycles. The molecule has 0 aliphatic heterocycles. The third-order valence-corrected chi connectivity index (χ3v) is 7.36. The normalized spacial score (nSPS) is 11.7. The number of hydrogen-bond donors (Lipinski definition) is 1. The number of rotatable bonds is 13. The fourth-order valence-electron chi connectivity index (χ4n) is 4.09. The number of halogens is 2. The first-order valence-electron chi connectivity index (χ1n) is 13.1. The highest BCUT2D eigenvalue weighted by atomic mass is 79.9. The van der Waals surface area contributed by atoms with Crippen molar-refractivity contribution in [2.75, 3.05) is 13.2 Å². The molecule has 0 bridgehead atoms. The second kappa shape index (κ2) is 14.9. The number of unbranched alkanes of at least 4 members (excludes halogenated alkanes) is 1. The van der Waals surface area contributed by atoms with Gasteiger partial charge in [-0.25, -0.2) is 0 Å². The van der Waals surface area contributed by atoms with Crippen LogP contribution in [-0.4, -0.2) is 35.9 Å². The fourth-order valence-corrected chi connectivity index (χ4v) is 4.79. The quantitative estimate of drug-likeness (QED) is 0.212. The highest BCUT2D eigenvalue weighted by Gasteiger charge is 2.31. The Bertz CT molecular complexity index is 1200. The molecule has 1 atom stereocenters. The molecule has 0 spiro atoms. The molecule has 0 aliphatic carbocycles. The molecule has 3 aromatic carbocycles. The highest BCUT2D eigenvalue weighted by Crippen LogP contribution is 2.29. The van der Waals surface area contributed by atoms with Gasteiger partial charge >= 0.3 is 0 Å². The van der Waals surface area contributed by atoms with Gasteiger partial charge in [-0.05, 0) is 63.2 Å². The van der Waals surface area contributed by atoms with E-state index in [1.54, 1.807) is 11.0 Å². The number of benzene rings is 3. The minimum atomic E-state index is -0.728. The first-order chi connectivity index (χ1) is 18.3. The number of carbonyl (C=O) groups is 2. The van der Waals surface area contributed by atoms with E-state index in [1.807, 2.05) is 66.7 Å². The van der Waals surface area contributed by atoms with Crippen LogP contribution < -0.4 is 10.1 Å². The molecule has 3 aromatic rings. The van der Waals surface area contributed by atoms with E-state index in [9.17, 15) is 9.59 Å². The molecule has 0 fully saturated rings. The zero-order chi connectivity index (χ0) is 27.5.